The first-order valence-corrected chi connectivity index (χ1v) is 8.94. The number of aromatic nitrogens is 1. The maximum absolute atomic E-state index is 12.1. The molecular formula is C21H22N4O. The Labute approximate surface area is 152 Å². The number of benzene rings is 2. The quantitative estimate of drug-likeness (QED) is 0.761. The zero-order valence-corrected chi connectivity index (χ0v) is 14.6. The number of carbonyl (C=O) groups is 1. The lowest BCUT2D eigenvalue weighted by Gasteiger charge is -2.32. The van der Waals surface area contributed by atoms with Crippen LogP contribution in [0.25, 0.3) is 10.9 Å². The van der Waals surface area contributed by atoms with Gasteiger partial charge in [0, 0.05) is 55.4 Å². The number of pyridine rings is 1. The van der Waals surface area contributed by atoms with Gasteiger partial charge in [-0.25, -0.2) is 0 Å². The Morgan fingerprint density at radius 3 is 2.65 bits per heavy atom. The number of fused-ring (bicyclic) bond motifs is 1. The van der Waals surface area contributed by atoms with E-state index in [4.69, 9.17) is 5.73 Å². The summed E-state index contributed by atoms with van der Waals surface area (Å²) in [5.74, 6) is -0.384. The number of para-hydroxylation sites is 1. The van der Waals surface area contributed by atoms with E-state index in [1.165, 1.54) is 0 Å². The Morgan fingerprint density at radius 2 is 1.85 bits per heavy atom. The SMILES string of the molecule is NC(=O)c1cccc(N2CCNCC2)c1Cc1cccc2cccnc12. The number of primary amides is 1. The number of hydrogen-bond acceptors (Lipinski definition) is 4. The van der Waals surface area contributed by atoms with Crippen LogP contribution in [0.15, 0.2) is 54.7 Å². The Kier molecular flexibility index (Phi) is 4.54. The molecule has 1 aliphatic heterocycles. The van der Waals surface area contributed by atoms with Crippen molar-refractivity contribution in [2.24, 2.45) is 5.73 Å². The molecule has 1 fully saturated rings. The Balaban J connectivity index is 1.82. The van der Waals surface area contributed by atoms with Crippen molar-refractivity contribution >= 4 is 22.5 Å². The van der Waals surface area contributed by atoms with Crippen LogP contribution in [0, 0.1) is 0 Å². The standard InChI is InChI=1S/C21H22N4O/c22-21(26)17-7-2-8-19(25-12-10-23-11-13-25)18(17)14-16-5-1-4-15-6-3-9-24-20(15)16/h1-9,23H,10-14H2,(H2,22,26). The number of nitrogens with two attached hydrogens (primary N) is 1. The van der Waals surface area contributed by atoms with Crippen LogP contribution < -0.4 is 16.0 Å². The summed E-state index contributed by atoms with van der Waals surface area (Å²) in [6.07, 6.45) is 2.44. The first-order chi connectivity index (χ1) is 12.7. The summed E-state index contributed by atoms with van der Waals surface area (Å²) < 4.78 is 0. The number of piperazine rings is 1. The van der Waals surface area contributed by atoms with E-state index < -0.39 is 0 Å². The van der Waals surface area contributed by atoms with Gasteiger partial charge in [0.05, 0.1) is 5.52 Å². The zero-order chi connectivity index (χ0) is 17.9. The molecule has 2 heterocycles. The lowest BCUT2D eigenvalue weighted by atomic mass is 9.95. The number of nitrogens with one attached hydrogen (secondary N) is 1. The molecule has 5 heteroatoms. The van der Waals surface area contributed by atoms with Crippen LogP contribution in [0.1, 0.15) is 21.5 Å². The molecule has 5 nitrogen and oxygen atoms in total. The highest BCUT2D eigenvalue weighted by Gasteiger charge is 2.19. The van der Waals surface area contributed by atoms with E-state index in [0.717, 1.165) is 53.9 Å². The summed E-state index contributed by atoms with van der Waals surface area (Å²) in [7, 11) is 0. The van der Waals surface area contributed by atoms with Crippen molar-refractivity contribution in [2.45, 2.75) is 6.42 Å². The van der Waals surface area contributed by atoms with Gasteiger partial charge in [0.1, 0.15) is 0 Å². The van der Waals surface area contributed by atoms with E-state index in [0.29, 0.717) is 12.0 Å². The van der Waals surface area contributed by atoms with E-state index in [-0.39, 0.29) is 5.91 Å². The number of rotatable bonds is 4. The van der Waals surface area contributed by atoms with Crippen molar-refractivity contribution in [1.82, 2.24) is 10.3 Å². The van der Waals surface area contributed by atoms with Crippen LogP contribution in [-0.4, -0.2) is 37.1 Å². The third-order valence-corrected chi connectivity index (χ3v) is 4.96. The van der Waals surface area contributed by atoms with Crippen molar-refractivity contribution in [3.63, 3.8) is 0 Å². The highest BCUT2D eigenvalue weighted by atomic mass is 16.1. The van der Waals surface area contributed by atoms with E-state index >= 15 is 0 Å². The molecule has 0 bridgehead atoms. The first kappa shape index (κ1) is 16.5. The van der Waals surface area contributed by atoms with Crippen LogP contribution in [-0.2, 0) is 6.42 Å². The minimum atomic E-state index is -0.384. The fourth-order valence-electron chi connectivity index (χ4n) is 3.69. The molecule has 26 heavy (non-hydrogen) atoms. The van der Waals surface area contributed by atoms with Crippen LogP contribution in [0.3, 0.4) is 0 Å². The average Bonchev–Trinajstić information content (AvgIpc) is 2.69. The average molecular weight is 346 g/mol. The van der Waals surface area contributed by atoms with E-state index in [9.17, 15) is 4.79 Å². The summed E-state index contributed by atoms with van der Waals surface area (Å²) in [6, 6.07) is 16.0. The van der Waals surface area contributed by atoms with Gasteiger partial charge in [0.2, 0.25) is 5.91 Å². The molecule has 0 aliphatic carbocycles. The zero-order valence-electron chi connectivity index (χ0n) is 14.6. The highest BCUT2D eigenvalue weighted by molar-refractivity contribution is 5.96. The summed E-state index contributed by atoms with van der Waals surface area (Å²) >= 11 is 0. The third-order valence-electron chi connectivity index (χ3n) is 4.96. The molecule has 132 valence electrons. The van der Waals surface area contributed by atoms with Crippen molar-refractivity contribution in [3.05, 3.63) is 71.4 Å². The van der Waals surface area contributed by atoms with Gasteiger partial charge in [-0.15, -0.1) is 0 Å². The Hall–Kier alpha value is -2.92. The molecule has 0 saturated carbocycles. The number of carbonyl (C=O) groups excluding carboxylic acids is 1. The minimum absolute atomic E-state index is 0.384. The second-order valence-corrected chi connectivity index (χ2v) is 6.57. The van der Waals surface area contributed by atoms with Gasteiger partial charge in [0.15, 0.2) is 0 Å². The highest BCUT2D eigenvalue weighted by Crippen LogP contribution is 2.29. The number of anilines is 1. The second kappa shape index (κ2) is 7.14. The molecular weight excluding hydrogens is 324 g/mol. The molecule has 1 saturated heterocycles. The molecule has 0 spiro atoms. The van der Waals surface area contributed by atoms with Gasteiger partial charge in [0.25, 0.3) is 0 Å². The summed E-state index contributed by atoms with van der Waals surface area (Å²) in [6.45, 7) is 3.72. The van der Waals surface area contributed by atoms with Gasteiger partial charge in [-0.3, -0.25) is 9.78 Å². The van der Waals surface area contributed by atoms with Gasteiger partial charge >= 0.3 is 0 Å². The monoisotopic (exact) mass is 346 g/mol. The normalized spacial score (nSPS) is 14.5. The second-order valence-electron chi connectivity index (χ2n) is 6.57. The predicted molar refractivity (Wildman–Crippen MR) is 105 cm³/mol. The number of hydrogen-bond donors (Lipinski definition) is 2. The minimum Gasteiger partial charge on any atom is -0.369 e. The molecule has 1 amide bonds. The van der Waals surface area contributed by atoms with Gasteiger partial charge in [-0.05, 0) is 29.3 Å². The lowest BCUT2D eigenvalue weighted by Crippen LogP contribution is -2.44. The van der Waals surface area contributed by atoms with Crippen LogP contribution in [0.4, 0.5) is 5.69 Å². The molecule has 3 N–H and O–H groups in total. The molecule has 0 radical (unpaired) electrons. The van der Waals surface area contributed by atoms with Crippen molar-refractivity contribution in [3.8, 4) is 0 Å². The summed E-state index contributed by atoms with van der Waals surface area (Å²) in [5, 5.41) is 4.47. The van der Waals surface area contributed by atoms with Crippen molar-refractivity contribution in [1.29, 1.82) is 0 Å². The van der Waals surface area contributed by atoms with Crippen molar-refractivity contribution < 1.29 is 4.79 Å². The molecule has 2 aromatic carbocycles. The molecule has 1 aromatic heterocycles. The Morgan fingerprint density at radius 1 is 1.08 bits per heavy atom. The topological polar surface area (TPSA) is 71.2 Å². The number of amides is 1. The fraction of sp³-hybridized carbons (Fsp3) is 0.238. The third kappa shape index (κ3) is 3.13. The van der Waals surface area contributed by atoms with E-state index in [1.54, 1.807) is 0 Å². The predicted octanol–water partition coefficient (Wildman–Crippen LogP) is 2.33. The van der Waals surface area contributed by atoms with Crippen LogP contribution in [0.5, 0.6) is 0 Å². The lowest BCUT2D eigenvalue weighted by molar-refractivity contribution is 0.0999. The van der Waals surface area contributed by atoms with Gasteiger partial charge in [-0.2, -0.15) is 0 Å². The number of nitrogens with zero attached hydrogens (tertiary/aromatic N) is 2. The molecule has 3 aromatic rings. The molecule has 1 aliphatic rings. The summed E-state index contributed by atoms with van der Waals surface area (Å²) in [4.78, 5) is 19.0. The molecule has 0 unspecified atom stereocenters. The van der Waals surface area contributed by atoms with Gasteiger partial charge in [-0.1, -0.05) is 30.3 Å². The van der Waals surface area contributed by atoms with Crippen LogP contribution >= 0.6 is 0 Å². The van der Waals surface area contributed by atoms with E-state index in [1.807, 2.05) is 30.5 Å². The maximum atomic E-state index is 12.1. The molecule has 0 atom stereocenters. The van der Waals surface area contributed by atoms with Gasteiger partial charge < -0.3 is 16.0 Å². The Bertz CT molecular complexity index is 942. The maximum Gasteiger partial charge on any atom is 0.249 e. The molecule has 4 rings (SSSR count). The van der Waals surface area contributed by atoms with E-state index in [2.05, 4.69) is 39.5 Å². The largest absolute Gasteiger partial charge is 0.369 e. The first-order valence-electron chi connectivity index (χ1n) is 8.94. The van der Waals surface area contributed by atoms with Crippen molar-refractivity contribution in [2.75, 3.05) is 31.1 Å². The fourth-order valence-corrected chi connectivity index (χ4v) is 3.69. The van der Waals surface area contributed by atoms with Crippen LogP contribution in [0.2, 0.25) is 0 Å². The summed E-state index contributed by atoms with van der Waals surface area (Å²) in [5.41, 5.74) is 10.4. The smallest absolute Gasteiger partial charge is 0.249 e.